The van der Waals surface area contributed by atoms with Crippen LogP contribution in [0.5, 0.6) is 17.2 Å². The van der Waals surface area contributed by atoms with E-state index in [0.29, 0.717) is 18.4 Å². The van der Waals surface area contributed by atoms with Gasteiger partial charge in [0.25, 0.3) is 0 Å². The van der Waals surface area contributed by atoms with Crippen molar-refractivity contribution < 1.29 is 45.3 Å². The molecular weight excluding hydrogens is 538 g/mol. The number of benzene rings is 3. The highest BCUT2D eigenvalue weighted by atomic mass is 19.2. The van der Waals surface area contributed by atoms with Gasteiger partial charge in [-0.3, -0.25) is 0 Å². The largest absolute Gasteiger partial charge is 0.491 e. The maximum atomic E-state index is 15.0. The van der Waals surface area contributed by atoms with E-state index >= 15 is 4.39 Å². The predicted octanol–water partition coefficient (Wildman–Crippen LogP) is 8.28. The molecule has 1 unspecified atom stereocenters. The van der Waals surface area contributed by atoms with Crippen molar-refractivity contribution in [2.24, 2.45) is 0 Å². The second kappa shape index (κ2) is 12.5. The van der Waals surface area contributed by atoms with Crippen LogP contribution in [0, 0.1) is 34.9 Å². The summed E-state index contributed by atoms with van der Waals surface area (Å²) >= 11 is 0. The molecule has 0 aliphatic heterocycles. The minimum atomic E-state index is -1.52. The van der Waals surface area contributed by atoms with Crippen LogP contribution in [0.4, 0.5) is 26.3 Å². The molecule has 0 amide bonds. The minimum Gasteiger partial charge on any atom is -0.491 e. The average molecular weight is 565 g/mol. The summed E-state index contributed by atoms with van der Waals surface area (Å²) in [6.45, 7) is 3.75. The van der Waals surface area contributed by atoms with Gasteiger partial charge in [0, 0.05) is 5.56 Å². The molecule has 1 aliphatic rings. The second-order valence-corrected chi connectivity index (χ2v) is 9.13. The minimum absolute atomic E-state index is 0.111. The number of halogens is 6. The van der Waals surface area contributed by atoms with E-state index in [4.69, 9.17) is 14.2 Å². The highest BCUT2D eigenvalue weighted by Crippen LogP contribution is 2.40. The Hall–Kier alpha value is -3.95. The maximum Gasteiger partial charge on any atom is 0.346 e. The van der Waals surface area contributed by atoms with E-state index in [0.717, 1.165) is 18.2 Å². The smallest absolute Gasteiger partial charge is 0.346 e. The molecule has 4 nitrogen and oxygen atoms in total. The lowest BCUT2D eigenvalue weighted by Crippen LogP contribution is -2.14. The number of rotatable bonds is 9. The Morgan fingerprint density at radius 2 is 1.43 bits per heavy atom. The zero-order valence-electron chi connectivity index (χ0n) is 21.8. The van der Waals surface area contributed by atoms with E-state index in [2.05, 4.69) is 0 Å². The standard InChI is InChI=1S/C30H26F6O4/c1-3-15-39-22-13-14-23(29(36)28(22)35)40-30(37)20-10-9-18(24(31)26(20)33)16-5-7-17(8-6-16)19-11-12-21(38-4-2)27(34)25(19)32/h5,9-14,17H,3-4,6-8,15H2,1-2H3. The van der Waals surface area contributed by atoms with Crippen molar-refractivity contribution in [3.8, 4) is 17.2 Å². The normalized spacial score (nSPS) is 15.0. The first-order valence-corrected chi connectivity index (χ1v) is 12.8. The summed E-state index contributed by atoms with van der Waals surface area (Å²) in [5, 5.41) is 0. The van der Waals surface area contributed by atoms with Gasteiger partial charge in [-0.2, -0.15) is 13.2 Å². The molecule has 212 valence electrons. The summed E-state index contributed by atoms with van der Waals surface area (Å²) in [6.07, 6.45) is 2.97. The van der Waals surface area contributed by atoms with Gasteiger partial charge in [-0.05, 0) is 73.9 Å². The topological polar surface area (TPSA) is 44.8 Å². The van der Waals surface area contributed by atoms with Crippen LogP contribution in [0.2, 0.25) is 0 Å². The lowest BCUT2D eigenvalue weighted by molar-refractivity contribution is 0.0720. The third kappa shape index (κ3) is 5.80. The Balaban J connectivity index is 1.50. The van der Waals surface area contributed by atoms with E-state index in [1.165, 1.54) is 18.2 Å². The molecule has 0 bridgehead atoms. The number of hydrogen-bond donors (Lipinski definition) is 0. The summed E-state index contributed by atoms with van der Waals surface area (Å²) in [5.41, 5.74) is -0.334. The number of allylic oxidation sites excluding steroid dienone is 2. The molecule has 0 fully saturated rings. The van der Waals surface area contributed by atoms with Crippen LogP contribution in [-0.2, 0) is 0 Å². The lowest BCUT2D eigenvalue weighted by Gasteiger charge is -2.24. The van der Waals surface area contributed by atoms with Crippen molar-refractivity contribution in [1.29, 1.82) is 0 Å². The number of carbonyl (C=O) groups is 1. The molecule has 0 radical (unpaired) electrons. The number of hydrogen-bond acceptors (Lipinski definition) is 4. The number of ether oxygens (including phenoxy) is 3. The molecule has 0 saturated carbocycles. The van der Waals surface area contributed by atoms with Crippen LogP contribution in [0.1, 0.15) is 66.9 Å². The molecule has 3 aromatic rings. The quantitative estimate of drug-likeness (QED) is 0.149. The molecule has 10 heteroatoms. The van der Waals surface area contributed by atoms with E-state index < -0.39 is 52.2 Å². The van der Waals surface area contributed by atoms with Gasteiger partial charge in [-0.1, -0.05) is 25.1 Å². The molecule has 1 aliphatic carbocycles. The van der Waals surface area contributed by atoms with E-state index in [-0.39, 0.29) is 54.6 Å². The van der Waals surface area contributed by atoms with Crippen molar-refractivity contribution >= 4 is 11.5 Å². The van der Waals surface area contributed by atoms with Gasteiger partial charge in [0.15, 0.2) is 34.7 Å². The number of esters is 1. The van der Waals surface area contributed by atoms with Gasteiger partial charge in [0.2, 0.25) is 17.5 Å². The van der Waals surface area contributed by atoms with Gasteiger partial charge in [-0.25, -0.2) is 18.0 Å². The Morgan fingerprint density at radius 1 is 0.775 bits per heavy atom. The third-order valence-electron chi connectivity index (χ3n) is 6.55. The SMILES string of the molecule is CCCOc1ccc(OC(=O)c2ccc(C3=CCC(c4ccc(OCC)c(F)c4F)CC3)c(F)c2F)c(F)c1F. The van der Waals surface area contributed by atoms with Crippen LogP contribution in [0.3, 0.4) is 0 Å². The predicted molar refractivity (Wildman–Crippen MR) is 136 cm³/mol. The molecule has 1 atom stereocenters. The van der Waals surface area contributed by atoms with Crippen molar-refractivity contribution in [3.05, 3.63) is 94.1 Å². The molecule has 40 heavy (non-hydrogen) atoms. The molecule has 0 aromatic heterocycles. The maximum absolute atomic E-state index is 15.0. The van der Waals surface area contributed by atoms with Crippen molar-refractivity contribution in [3.63, 3.8) is 0 Å². The van der Waals surface area contributed by atoms with Gasteiger partial charge >= 0.3 is 5.97 Å². The first-order chi connectivity index (χ1) is 19.2. The summed E-state index contributed by atoms with van der Waals surface area (Å²) in [6, 6.07) is 6.99. The van der Waals surface area contributed by atoms with Gasteiger partial charge < -0.3 is 14.2 Å². The van der Waals surface area contributed by atoms with Crippen molar-refractivity contribution in [2.75, 3.05) is 13.2 Å². The summed E-state index contributed by atoms with van der Waals surface area (Å²) in [7, 11) is 0. The fraction of sp³-hybridized carbons (Fsp3) is 0.300. The van der Waals surface area contributed by atoms with Gasteiger partial charge in [0.05, 0.1) is 18.8 Å². The molecule has 0 N–H and O–H groups in total. The van der Waals surface area contributed by atoms with E-state index in [1.807, 2.05) is 0 Å². The zero-order valence-corrected chi connectivity index (χ0v) is 21.8. The highest BCUT2D eigenvalue weighted by Gasteiger charge is 2.27. The van der Waals surface area contributed by atoms with E-state index in [1.54, 1.807) is 19.9 Å². The Kier molecular flexibility index (Phi) is 9.07. The fourth-order valence-corrected chi connectivity index (χ4v) is 4.52. The van der Waals surface area contributed by atoms with Crippen LogP contribution >= 0.6 is 0 Å². The van der Waals surface area contributed by atoms with Gasteiger partial charge in [0.1, 0.15) is 0 Å². The summed E-state index contributed by atoms with van der Waals surface area (Å²) in [5.74, 6) is -11.0. The Labute approximate surface area is 227 Å². The Bertz CT molecular complexity index is 1450. The zero-order chi connectivity index (χ0) is 29.0. The van der Waals surface area contributed by atoms with Crippen LogP contribution in [-0.4, -0.2) is 19.2 Å². The fourth-order valence-electron chi connectivity index (χ4n) is 4.52. The monoisotopic (exact) mass is 564 g/mol. The van der Waals surface area contributed by atoms with Crippen LogP contribution < -0.4 is 14.2 Å². The third-order valence-corrected chi connectivity index (χ3v) is 6.55. The highest BCUT2D eigenvalue weighted by molar-refractivity contribution is 5.92. The van der Waals surface area contributed by atoms with Crippen LogP contribution in [0.25, 0.3) is 5.57 Å². The average Bonchev–Trinajstić information content (AvgIpc) is 2.95. The van der Waals surface area contributed by atoms with Crippen molar-refractivity contribution in [2.45, 2.75) is 45.4 Å². The first-order valence-electron chi connectivity index (χ1n) is 12.8. The summed E-state index contributed by atoms with van der Waals surface area (Å²) in [4.78, 5) is 12.5. The van der Waals surface area contributed by atoms with Crippen molar-refractivity contribution in [1.82, 2.24) is 0 Å². The lowest BCUT2D eigenvalue weighted by atomic mass is 9.82. The molecule has 4 rings (SSSR count). The number of carbonyl (C=O) groups excluding carboxylic acids is 1. The molecule has 0 spiro atoms. The van der Waals surface area contributed by atoms with E-state index in [9.17, 15) is 26.7 Å². The van der Waals surface area contributed by atoms with Gasteiger partial charge in [-0.15, -0.1) is 0 Å². The second-order valence-electron chi connectivity index (χ2n) is 9.13. The molecular formula is C30H26F6O4. The molecule has 0 heterocycles. The Morgan fingerprint density at radius 3 is 2.10 bits per heavy atom. The van der Waals surface area contributed by atoms with Crippen LogP contribution in [0.15, 0.2) is 42.5 Å². The molecule has 3 aromatic carbocycles. The first kappa shape index (κ1) is 29.0. The molecule has 0 saturated heterocycles. The summed E-state index contributed by atoms with van der Waals surface area (Å²) < 4.78 is 102.